The van der Waals surface area contributed by atoms with Crippen molar-refractivity contribution in [1.29, 1.82) is 0 Å². The summed E-state index contributed by atoms with van der Waals surface area (Å²) >= 11 is 9.16. The Balaban J connectivity index is 4.54. The first-order valence-electron chi connectivity index (χ1n) is 3.25. The molecule has 1 N–H and O–H groups in total. The van der Waals surface area contributed by atoms with Crippen molar-refractivity contribution in [2.75, 3.05) is 0 Å². The average molecular weight is 239 g/mol. The molecule has 2 atom stereocenters. The van der Waals surface area contributed by atoms with Crippen LogP contribution in [0.25, 0.3) is 0 Å². The van der Waals surface area contributed by atoms with Gasteiger partial charge in [-0.15, -0.1) is 0 Å². The molecule has 7 heteroatoms. The predicted molar refractivity (Wildman–Crippen MR) is 41.9 cm³/mol. The van der Waals surface area contributed by atoms with Gasteiger partial charge in [0.05, 0.1) is 6.42 Å². The van der Waals surface area contributed by atoms with Gasteiger partial charge in [0, 0.05) is 5.92 Å². The lowest BCUT2D eigenvalue weighted by Gasteiger charge is -2.27. The maximum absolute atomic E-state index is 13.0. The molecule has 0 rings (SSSR count). The summed E-state index contributed by atoms with van der Waals surface area (Å²) in [5, 5.41) is 0.363. The van der Waals surface area contributed by atoms with Crippen LogP contribution in [0.15, 0.2) is 0 Å². The van der Waals surface area contributed by atoms with E-state index in [0.717, 1.165) is 6.92 Å². The molecule has 0 saturated heterocycles. The SMILES string of the molecule is CC(CC(=O)O)C(F)(Cl)C(F)(F)Cl. The molecule has 13 heavy (non-hydrogen) atoms. The van der Waals surface area contributed by atoms with Gasteiger partial charge < -0.3 is 5.11 Å². The Kier molecular flexibility index (Phi) is 3.87. The lowest BCUT2D eigenvalue weighted by atomic mass is 10.0. The number of alkyl halides is 5. The fourth-order valence-electron chi connectivity index (χ4n) is 0.670. The number of carboxylic acids is 1. The monoisotopic (exact) mass is 238 g/mol. The van der Waals surface area contributed by atoms with Crippen LogP contribution in [0, 0.1) is 5.92 Å². The van der Waals surface area contributed by atoms with E-state index in [1.54, 1.807) is 0 Å². The lowest BCUT2D eigenvalue weighted by Crippen LogP contribution is -2.41. The number of halogens is 5. The zero-order valence-electron chi connectivity index (χ0n) is 6.53. The first kappa shape index (κ1) is 12.8. The number of hydrogen-bond acceptors (Lipinski definition) is 1. The summed E-state index contributed by atoms with van der Waals surface area (Å²) in [6, 6.07) is 0. The summed E-state index contributed by atoms with van der Waals surface area (Å²) in [5.41, 5.74) is 0. The Labute approximate surface area is 82.6 Å². The Hall–Kier alpha value is -0.160. The third kappa shape index (κ3) is 3.23. The van der Waals surface area contributed by atoms with Crippen LogP contribution in [-0.4, -0.2) is 21.6 Å². The van der Waals surface area contributed by atoms with Gasteiger partial charge in [-0.05, 0) is 11.6 Å². The summed E-state index contributed by atoms with van der Waals surface area (Å²) in [6.07, 6.45) is -0.817. The van der Waals surface area contributed by atoms with E-state index >= 15 is 0 Å². The van der Waals surface area contributed by atoms with Crippen LogP contribution in [0.4, 0.5) is 13.2 Å². The van der Waals surface area contributed by atoms with E-state index in [1.165, 1.54) is 0 Å². The summed E-state index contributed by atoms with van der Waals surface area (Å²) in [4.78, 5) is 10.1. The van der Waals surface area contributed by atoms with E-state index in [0.29, 0.717) is 0 Å². The van der Waals surface area contributed by atoms with Gasteiger partial charge in [-0.25, -0.2) is 4.39 Å². The van der Waals surface area contributed by atoms with Gasteiger partial charge in [0.1, 0.15) is 0 Å². The molecule has 0 fully saturated rings. The molecule has 0 aromatic carbocycles. The van der Waals surface area contributed by atoms with Gasteiger partial charge in [-0.3, -0.25) is 4.79 Å². The number of hydrogen-bond donors (Lipinski definition) is 1. The van der Waals surface area contributed by atoms with Crippen molar-refractivity contribution in [2.45, 2.75) is 23.9 Å². The van der Waals surface area contributed by atoms with Gasteiger partial charge in [0.15, 0.2) is 0 Å². The van der Waals surface area contributed by atoms with Crippen LogP contribution in [0.3, 0.4) is 0 Å². The maximum atomic E-state index is 13.0. The van der Waals surface area contributed by atoms with Crippen molar-refractivity contribution in [3.05, 3.63) is 0 Å². The normalized spacial score (nSPS) is 19.2. The van der Waals surface area contributed by atoms with Gasteiger partial charge in [-0.2, -0.15) is 8.78 Å². The molecule has 0 aromatic rings. The Morgan fingerprint density at radius 2 is 1.85 bits per heavy atom. The Morgan fingerprint density at radius 1 is 1.46 bits per heavy atom. The summed E-state index contributed by atoms with van der Waals surface area (Å²) in [7, 11) is 0. The number of carbonyl (C=O) groups is 1. The van der Waals surface area contributed by atoms with Crippen LogP contribution in [0.2, 0.25) is 0 Å². The molecule has 0 aromatic heterocycles. The molecule has 2 nitrogen and oxygen atoms in total. The highest BCUT2D eigenvalue weighted by molar-refractivity contribution is 6.32. The standard InChI is InChI=1S/C6H7Cl2F3O2/c1-3(2-4(12)13)5(7,9)6(8,10)11/h3H,2H2,1H3,(H,12,13). The Morgan fingerprint density at radius 3 is 2.08 bits per heavy atom. The smallest absolute Gasteiger partial charge is 0.369 e. The van der Waals surface area contributed by atoms with E-state index in [1.807, 2.05) is 0 Å². The molecule has 0 aliphatic carbocycles. The number of rotatable bonds is 4. The minimum Gasteiger partial charge on any atom is -0.481 e. The fraction of sp³-hybridized carbons (Fsp3) is 0.833. The lowest BCUT2D eigenvalue weighted by molar-refractivity contribution is -0.140. The molecule has 78 valence electrons. The molecular weight excluding hydrogens is 232 g/mol. The molecule has 0 spiro atoms. The highest BCUT2D eigenvalue weighted by atomic mass is 35.5. The molecule has 2 unspecified atom stereocenters. The Bertz CT molecular complexity index is 203. The van der Waals surface area contributed by atoms with Crippen molar-refractivity contribution in [1.82, 2.24) is 0 Å². The zero-order chi connectivity index (χ0) is 10.9. The summed E-state index contributed by atoms with van der Waals surface area (Å²) in [5.74, 6) is -3.00. The molecule has 0 saturated carbocycles. The maximum Gasteiger partial charge on any atom is 0.369 e. The van der Waals surface area contributed by atoms with Crippen molar-refractivity contribution in [2.24, 2.45) is 5.92 Å². The van der Waals surface area contributed by atoms with E-state index < -0.39 is 28.8 Å². The van der Waals surface area contributed by atoms with Crippen molar-refractivity contribution >= 4 is 29.2 Å². The summed E-state index contributed by atoms with van der Waals surface area (Å²) < 4.78 is 37.5. The van der Waals surface area contributed by atoms with Crippen LogP contribution in [0.1, 0.15) is 13.3 Å². The van der Waals surface area contributed by atoms with Gasteiger partial charge in [0.2, 0.25) is 0 Å². The van der Waals surface area contributed by atoms with Crippen molar-refractivity contribution in [3.63, 3.8) is 0 Å². The first-order chi connectivity index (χ1) is 5.59. The molecule has 0 bridgehead atoms. The zero-order valence-corrected chi connectivity index (χ0v) is 8.04. The quantitative estimate of drug-likeness (QED) is 0.766. The van der Waals surface area contributed by atoms with Crippen LogP contribution in [0.5, 0.6) is 0 Å². The molecule has 0 heterocycles. The third-order valence-corrected chi connectivity index (χ3v) is 2.46. The average Bonchev–Trinajstić information content (AvgIpc) is 1.82. The van der Waals surface area contributed by atoms with Crippen LogP contribution in [-0.2, 0) is 4.79 Å². The van der Waals surface area contributed by atoms with E-state index in [-0.39, 0.29) is 0 Å². The topological polar surface area (TPSA) is 37.3 Å². The van der Waals surface area contributed by atoms with E-state index in [4.69, 9.17) is 16.7 Å². The first-order valence-corrected chi connectivity index (χ1v) is 4.01. The van der Waals surface area contributed by atoms with Gasteiger partial charge in [0.25, 0.3) is 5.13 Å². The van der Waals surface area contributed by atoms with Crippen molar-refractivity contribution < 1.29 is 23.1 Å². The second-order valence-electron chi connectivity index (χ2n) is 2.62. The van der Waals surface area contributed by atoms with E-state index in [2.05, 4.69) is 11.6 Å². The number of carboxylic acid groups (broad SMARTS) is 1. The highest BCUT2D eigenvalue weighted by Gasteiger charge is 2.56. The fourth-order valence-corrected chi connectivity index (χ4v) is 0.933. The second-order valence-corrected chi connectivity index (χ2v) is 3.64. The predicted octanol–water partition coefficient (Wildman–Crippen LogP) is 2.83. The largest absolute Gasteiger partial charge is 0.481 e. The van der Waals surface area contributed by atoms with Gasteiger partial charge >= 0.3 is 11.4 Å². The van der Waals surface area contributed by atoms with Crippen molar-refractivity contribution in [3.8, 4) is 0 Å². The molecule has 0 aliphatic heterocycles. The summed E-state index contributed by atoms with van der Waals surface area (Å²) in [6.45, 7) is 0.942. The molecule has 0 amide bonds. The molecular formula is C6H7Cl2F3O2. The minimum atomic E-state index is -4.29. The van der Waals surface area contributed by atoms with Gasteiger partial charge in [-0.1, -0.05) is 18.5 Å². The van der Waals surface area contributed by atoms with Crippen LogP contribution < -0.4 is 0 Å². The minimum absolute atomic E-state index is 0.817. The van der Waals surface area contributed by atoms with Crippen LogP contribution >= 0.6 is 23.2 Å². The third-order valence-electron chi connectivity index (χ3n) is 1.48. The second kappa shape index (κ2) is 3.92. The highest BCUT2D eigenvalue weighted by Crippen LogP contribution is 2.45. The molecule has 0 aliphatic rings. The van der Waals surface area contributed by atoms with E-state index in [9.17, 15) is 18.0 Å². The molecule has 0 radical (unpaired) electrons. The number of aliphatic carboxylic acids is 1.